The highest BCUT2D eigenvalue weighted by Crippen LogP contribution is 2.22. The summed E-state index contributed by atoms with van der Waals surface area (Å²) in [6.45, 7) is 11.6. The quantitative estimate of drug-likeness (QED) is 0.749. The fraction of sp³-hybridized carbons (Fsp3) is 1.00. The molecule has 0 aromatic carbocycles. The molecule has 2 heteroatoms. The zero-order valence-corrected chi connectivity index (χ0v) is 11.6. The Morgan fingerprint density at radius 2 is 1.88 bits per heavy atom. The maximum Gasteiger partial charge on any atom is 0.0223 e. The van der Waals surface area contributed by atoms with Crippen molar-refractivity contribution in [2.45, 2.75) is 77.9 Å². The summed E-state index contributed by atoms with van der Waals surface area (Å²) in [6, 6.07) is 2.20. The van der Waals surface area contributed by atoms with Gasteiger partial charge in [-0.1, -0.05) is 34.1 Å². The van der Waals surface area contributed by atoms with Crippen molar-refractivity contribution in [3.8, 4) is 0 Å². The molecule has 0 aromatic rings. The highest BCUT2D eigenvalue weighted by molar-refractivity contribution is 4.83. The molecule has 16 heavy (non-hydrogen) atoms. The number of nitrogens with zero attached hydrogens (tertiary/aromatic N) is 1. The van der Waals surface area contributed by atoms with Gasteiger partial charge in [-0.2, -0.15) is 0 Å². The van der Waals surface area contributed by atoms with Gasteiger partial charge in [0.05, 0.1) is 0 Å². The lowest BCUT2D eigenvalue weighted by molar-refractivity contribution is 0.0872. The second-order valence-corrected chi connectivity index (χ2v) is 5.42. The molecule has 0 bridgehead atoms. The number of piperidine rings is 1. The fourth-order valence-electron chi connectivity index (χ4n) is 2.85. The minimum absolute atomic E-state index is 0.616. The predicted molar refractivity (Wildman–Crippen MR) is 71.9 cm³/mol. The summed E-state index contributed by atoms with van der Waals surface area (Å²) >= 11 is 0. The van der Waals surface area contributed by atoms with Gasteiger partial charge in [-0.05, 0) is 32.2 Å². The molecule has 1 aliphatic heterocycles. The van der Waals surface area contributed by atoms with Gasteiger partial charge >= 0.3 is 0 Å². The van der Waals surface area contributed by atoms with E-state index in [1.165, 1.54) is 45.2 Å². The Balaban J connectivity index is 2.49. The molecule has 1 rings (SSSR count). The second-order valence-electron chi connectivity index (χ2n) is 5.42. The Morgan fingerprint density at radius 1 is 1.19 bits per heavy atom. The van der Waals surface area contributed by atoms with Crippen LogP contribution in [0.2, 0.25) is 0 Å². The molecular formula is C14H30N2. The average Bonchev–Trinajstić information content (AvgIpc) is 2.29. The molecule has 1 saturated heterocycles. The van der Waals surface area contributed by atoms with Crippen LogP contribution in [0.25, 0.3) is 0 Å². The Labute approximate surface area is 102 Å². The highest BCUT2D eigenvalue weighted by atomic mass is 15.2. The van der Waals surface area contributed by atoms with Crippen molar-refractivity contribution in [2.24, 2.45) is 0 Å². The lowest BCUT2D eigenvalue weighted by atomic mass is 9.97. The molecule has 1 unspecified atom stereocenters. The van der Waals surface area contributed by atoms with Gasteiger partial charge in [0.1, 0.15) is 0 Å². The van der Waals surface area contributed by atoms with E-state index >= 15 is 0 Å². The smallest absolute Gasteiger partial charge is 0.0223 e. The normalized spacial score (nSPS) is 23.2. The van der Waals surface area contributed by atoms with Gasteiger partial charge in [0.25, 0.3) is 0 Å². The average molecular weight is 226 g/mol. The summed E-state index contributed by atoms with van der Waals surface area (Å²) in [4.78, 5) is 2.76. The Hall–Kier alpha value is -0.0800. The fourth-order valence-corrected chi connectivity index (χ4v) is 2.85. The van der Waals surface area contributed by atoms with E-state index in [-0.39, 0.29) is 0 Å². The third-order valence-corrected chi connectivity index (χ3v) is 3.85. The number of hydrogen-bond donors (Lipinski definition) is 1. The first-order chi connectivity index (χ1) is 7.69. The Morgan fingerprint density at radius 3 is 2.44 bits per heavy atom. The third kappa shape index (κ3) is 4.06. The van der Waals surface area contributed by atoms with E-state index in [0.29, 0.717) is 6.04 Å². The van der Waals surface area contributed by atoms with Crippen LogP contribution in [-0.2, 0) is 0 Å². The van der Waals surface area contributed by atoms with E-state index in [0.717, 1.165) is 12.1 Å². The maximum atomic E-state index is 3.61. The lowest BCUT2D eigenvalue weighted by Crippen LogP contribution is -2.50. The first-order valence-electron chi connectivity index (χ1n) is 7.18. The number of hydrogen-bond acceptors (Lipinski definition) is 2. The van der Waals surface area contributed by atoms with Crippen LogP contribution < -0.4 is 5.32 Å². The molecule has 0 aromatic heterocycles. The van der Waals surface area contributed by atoms with Gasteiger partial charge in [0.2, 0.25) is 0 Å². The minimum atomic E-state index is 0.616. The Bertz CT molecular complexity index is 176. The van der Waals surface area contributed by atoms with Crippen LogP contribution in [0.1, 0.15) is 59.8 Å². The second kappa shape index (κ2) is 7.29. The molecule has 0 amide bonds. The number of rotatable bonds is 6. The summed E-state index contributed by atoms with van der Waals surface area (Å²) in [5.74, 6) is 0. The van der Waals surface area contributed by atoms with Crippen molar-refractivity contribution in [3.63, 3.8) is 0 Å². The molecule has 1 N–H and O–H groups in total. The van der Waals surface area contributed by atoms with Gasteiger partial charge in [-0.3, -0.25) is 4.90 Å². The van der Waals surface area contributed by atoms with E-state index in [1.54, 1.807) is 0 Å². The molecule has 0 spiro atoms. The van der Waals surface area contributed by atoms with Crippen molar-refractivity contribution >= 4 is 0 Å². The highest BCUT2D eigenvalue weighted by Gasteiger charge is 2.26. The molecular weight excluding hydrogens is 196 g/mol. The number of likely N-dealkylation sites (tertiary alicyclic amines) is 1. The Kier molecular flexibility index (Phi) is 6.37. The molecule has 1 fully saturated rings. The molecule has 1 atom stereocenters. The molecule has 0 saturated carbocycles. The van der Waals surface area contributed by atoms with Gasteiger partial charge in [-0.25, -0.2) is 0 Å². The van der Waals surface area contributed by atoms with Crippen LogP contribution in [0.3, 0.4) is 0 Å². The van der Waals surface area contributed by atoms with Crippen molar-refractivity contribution in [1.29, 1.82) is 0 Å². The van der Waals surface area contributed by atoms with E-state index in [4.69, 9.17) is 0 Å². The van der Waals surface area contributed by atoms with Gasteiger partial charge in [0, 0.05) is 24.7 Å². The summed E-state index contributed by atoms with van der Waals surface area (Å²) in [7, 11) is 0. The van der Waals surface area contributed by atoms with E-state index < -0.39 is 0 Å². The SMILES string of the molecule is CCC(CC)N1CCCCC1CNC(C)C. The lowest BCUT2D eigenvalue weighted by Gasteiger charge is -2.41. The predicted octanol–water partition coefficient (Wildman–Crippen LogP) is 3.03. The molecule has 0 radical (unpaired) electrons. The van der Waals surface area contributed by atoms with Gasteiger partial charge in [0.15, 0.2) is 0 Å². The summed E-state index contributed by atoms with van der Waals surface area (Å²) in [5, 5.41) is 3.61. The monoisotopic (exact) mass is 226 g/mol. The topological polar surface area (TPSA) is 15.3 Å². The van der Waals surface area contributed by atoms with Crippen molar-refractivity contribution < 1.29 is 0 Å². The van der Waals surface area contributed by atoms with Crippen LogP contribution in [0.4, 0.5) is 0 Å². The molecule has 96 valence electrons. The zero-order chi connectivity index (χ0) is 12.0. The van der Waals surface area contributed by atoms with E-state index in [1.807, 2.05) is 0 Å². The third-order valence-electron chi connectivity index (χ3n) is 3.85. The number of nitrogens with one attached hydrogen (secondary N) is 1. The largest absolute Gasteiger partial charge is 0.313 e. The van der Waals surface area contributed by atoms with Crippen molar-refractivity contribution in [2.75, 3.05) is 13.1 Å². The van der Waals surface area contributed by atoms with Gasteiger partial charge in [-0.15, -0.1) is 0 Å². The maximum absolute atomic E-state index is 3.61. The molecule has 1 aliphatic rings. The zero-order valence-electron chi connectivity index (χ0n) is 11.6. The standard InChI is InChI=1S/C14H30N2/c1-5-13(6-2)16-10-8-7-9-14(16)11-15-12(3)4/h12-15H,5-11H2,1-4H3. The van der Waals surface area contributed by atoms with E-state index in [2.05, 4.69) is 37.9 Å². The first kappa shape index (κ1) is 14.0. The van der Waals surface area contributed by atoms with Crippen LogP contribution in [0.5, 0.6) is 0 Å². The van der Waals surface area contributed by atoms with Crippen LogP contribution in [0, 0.1) is 0 Å². The van der Waals surface area contributed by atoms with Crippen LogP contribution in [0.15, 0.2) is 0 Å². The summed E-state index contributed by atoms with van der Waals surface area (Å²) in [6.07, 6.45) is 6.80. The van der Waals surface area contributed by atoms with Crippen LogP contribution >= 0.6 is 0 Å². The first-order valence-corrected chi connectivity index (χ1v) is 7.18. The van der Waals surface area contributed by atoms with Crippen molar-refractivity contribution in [1.82, 2.24) is 10.2 Å². The van der Waals surface area contributed by atoms with Gasteiger partial charge < -0.3 is 5.32 Å². The van der Waals surface area contributed by atoms with Crippen LogP contribution in [-0.4, -0.2) is 36.1 Å². The van der Waals surface area contributed by atoms with Crippen molar-refractivity contribution in [3.05, 3.63) is 0 Å². The molecule has 0 aliphatic carbocycles. The molecule has 1 heterocycles. The van der Waals surface area contributed by atoms with E-state index in [9.17, 15) is 0 Å². The summed E-state index contributed by atoms with van der Waals surface area (Å²) < 4.78 is 0. The molecule has 2 nitrogen and oxygen atoms in total. The minimum Gasteiger partial charge on any atom is -0.313 e. The summed E-state index contributed by atoms with van der Waals surface area (Å²) in [5.41, 5.74) is 0.